The second-order valence-electron chi connectivity index (χ2n) is 4.46. The standard InChI is InChI=1S/C9H14N2O3S2/c1-8(7(13)14)3-11-5(12)9(10,15-2)6(11)16-4-8/h6H,3-4,10H2,1-2H3,(H,13,14)/t6-,8?,9?/m1/s1. The third-order valence-corrected chi connectivity index (χ3v) is 6.15. The number of carbonyl (C=O) groups is 2. The Kier molecular flexibility index (Phi) is 2.67. The van der Waals surface area contributed by atoms with Gasteiger partial charge < -0.3 is 15.7 Å². The molecule has 3 atom stereocenters. The van der Waals surface area contributed by atoms with Gasteiger partial charge in [0.2, 0.25) is 0 Å². The quantitative estimate of drug-likeness (QED) is 0.539. The molecule has 0 spiro atoms. The van der Waals surface area contributed by atoms with Gasteiger partial charge in [0.15, 0.2) is 4.87 Å². The van der Waals surface area contributed by atoms with E-state index < -0.39 is 16.3 Å². The van der Waals surface area contributed by atoms with Crippen molar-refractivity contribution in [3.8, 4) is 0 Å². The summed E-state index contributed by atoms with van der Waals surface area (Å²) in [6, 6.07) is 0. The molecule has 7 heteroatoms. The van der Waals surface area contributed by atoms with Gasteiger partial charge in [0.25, 0.3) is 5.91 Å². The van der Waals surface area contributed by atoms with Gasteiger partial charge >= 0.3 is 5.97 Å². The molecule has 0 bridgehead atoms. The molecule has 2 unspecified atom stereocenters. The number of nitrogens with two attached hydrogens (primary N) is 1. The first kappa shape index (κ1) is 12.1. The van der Waals surface area contributed by atoms with Crippen LogP contribution in [0.2, 0.25) is 0 Å². The molecule has 5 nitrogen and oxygen atoms in total. The van der Waals surface area contributed by atoms with E-state index in [0.29, 0.717) is 5.75 Å². The first-order chi connectivity index (χ1) is 7.35. The Bertz CT molecular complexity index is 365. The van der Waals surface area contributed by atoms with Crippen molar-refractivity contribution in [1.82, 2.24) is 4.90 Å². The molecule has 0 aromatic heterocycles. The SMILES string of the molecule is CSC1(N)C(=O)N2CC(C)(C(=O)O)CS[C@@H]21. The summed E-state index contributed by atoms with van der Waals surface area (Å²) >= 11 is 2.80. The number of carboxylic acids is 1. The maximum Gasteiger partial charge on any atom is 0.312 e. The maximum atomic E-state index is 11.8. The molecule has 2 fully saturated rings. The number of hydrogen-bond acceptors (Lipinski definition) is 5. The highest BCUT2D eigenvalue weighted by atomic mass is 32.2. The Hall–Kier alpha value is -0.400. The van der Waals surface area contributed by atoms with Crippen LogP contribution in [0.15, 0.2) is 0 Å². The zero-order valence-electron chi connectivity index (χ0n) is 9.10. The highest BCUT2D eigenvalue weighted by Gasteiger charge is 2.63. The third kappa shape index (κ3) is 1.38. The number of carboxylic acid groups (broad SMARTS) is 1. The molecule has 0 radical (unpaired) electrons. The number of aliphatic carboxylic acids is 1. The molecular weight excluding hydrogens is 248 g/mol. The zero-order valence-corrected chi connectivity index (χ0v) is 10.7. The second kappa shape index (κ2) is 3.54. The number of amides is 1. The van der Waals surface area contributed by atoms with Gasteiger partial charge in [-0.05, 0) is 13.2 Å². The zero-order chi connectivity index (χ0) is 12.1. The van der Waals surface area contributed by atoms with E-state index in [4.69, 9.17) is 10.8 Å². The summed E-state index contributed by atoms with van der Waals surface area (Å²) < 4.78 is 0. The lowest BCUT2D eigenvalue weighted by Gasteiger charge is -2.57. The van der Waals surface area contributed by atoms with Crippen LogP contribution in [0.3, 0.4) is 0 Å². The van der Waals surface area contributed by atoms with E-state index in [1.807, 2.05) is 0 Å². The molecule has 0 aliphatic carbocycles. The Labute approximate surface area is 102 Å². The summed E-state index contributed by atoms with van der Waals surface area (Å²) in [5.74, 6) is -0.509. The summed E-state index contributed by atoms with van der Waals surface area (Å²) in [5.41, 5.74) is 5.12. The van der Waals surface area contributed by atoms with E-state index in [1.54, 1.807) is 18.1 Å². The van der Waals surface area contributed by atoms with E-state index in [9.17, 15) is 9.59 Å². The molecule has 3 N–H and O–H groups in total. The number of nitrogens with zero attached hydrogens (tertiary/aromatic N) is 1. The molecule has 1 amide bonds. The van der Waals surface area contributed by atoms with Crippen molar-refractivity contribution in [2.75, 3.05) is 18.6 Å². The highest BCUT2D eigenvalue weighted by Crippen LogP contribution is 2.49. The highest BCUT2D eigenvalue weighted by molar-refractivity contribution is 8.04. The van der Waals surface area contributed by atoms with Crippen LogP contribution in [-0.2, 0) is 9.59 Å². The van der Waals surface area contributed by atoms with Crippen LogP contribution in [0.4, 0.5) is 0 Å². The van der Waals surface area contributed by atoms with Gasteiger partial charge in [-0.15, -0.1) is 23.5 Å². The van der Waals surface area contributed by atoms with Crippen molar-refractivity contribution in [2.45, 2.75) is 17.2 Å². The lowest BCUT2D eigenvalue weighted by molar-refractivity contribution is -0.156. The van der Waals surface area contributed by atoms with Crippen LogP contribution in [0.25, 0.3) is 0 Å². The van der Waals surface area contributed by atoms with Gasteiger partial charge in [-0.3, -0.25) is 9.59 Å². The number of β-lactam (4-membered cyclic amide) rings is 1. The molecular formula is C9H14N2O3S2. The van der Waals surface area contributed by atoms with Gasteiger partial charge in [0.1, 0.15) is 5.37 Å². The van der Waals surface area contributed by atoms with Crippen LogP contribution in [-0.4, -0.2) is 50.7 Å². The van der Waals surface area contributed by atoms with Crippen LogP contribution >= 0.6 is 23.5 Å². The van der Waals surface area contributed by atoms with Crippen molar-refractivity contribution < 1.29 is 14.7 Å². The molecule has 2 saturated heterocycles. The topological polar surface area (TPSA) is 83.6 Å². The summed E-state index contributed by atoms with van der Waals surface area (Å²) in [6.45, 7) is 1.93. The maximum absolute atomic E-state index is 11.8. The molecule has 2 heterocycles. The number of fused-ring (bicyclic) bond motifs is 1. The van der Waals surface area contributed by atoms with Crippen molar-refractivity contribution in [3.63, 3.8) is 0 Å². The summed E-state index contributed by atoms with van der Waals surface area (Å²) in [5, 5.41) is 9.03. The minimum Gasteiger partial charge on any atom is -0.481 e. The molecule has 16 heavy (non-hydrogen) atoms. The van der Waals surface area contributed by atoms with Gasteiger partial charge in [-0.25, -0.2) is 0 Å². The average molecular weight is 262 g/mol. The molecule has 0 aromatic carbocycles. The van der Waals surface area contributed by atoms with E-state index in [0.717, 1.165) is 0 Å². The van der Waals surface area contributed by atoms with Crippen LogP contribution in [0.5, 0.6) is 0 Å². The van der Waals surface area contributed by atoms with E-state index in [1.165, 1.54) is 23.5 Å². The average Bonchev–Trinajstić information content (AvgIpc) is 2.27. The number of hydrogen-bond donors (Lipinski definition) is 2. The van der Waals surface area contributed by atoms with Crippen molar-refractivity contribution in [1.29, 1.82) is 0 Å². The molecule has 0 saturated carbocycles. The van der Waals surface area contributed by atoms with Gasteiger partial charge in [-0.2, -0.15) is 0 Å². The minimum atomic E-state index is -0.857. The Morgan fingerprint density at radius 3 is 2.88 bits per heavy atom. The van der Waals surface area contributed by atoms with Crippen molar-refractivity contribution in [2.24, 2.45) is 11.1 Å². The largest absolute Gasteiger partial charge is 0.481 e. The molecule has 2 aliphatic heterocycles. The molecule has 2 aliphatic rings. The molecule has 2 rings (SSSR count). The lowest BCUT2D eigenvalue weighted by atomic mass is 9.89. The van der Waals surface area contributed by atoms with E-state index >= 15 is 0 Å². The first-order valence-corrected chi connectivity index (χ1v) is 7.12. The number of thioether (sulfide) groups is 2. The fourth-order valence-corrected chi connectivity index (χ4v) is 4.53. The van der Waals surface area contributed by atoms with Crippen LogP contribution < -0.4 is 5.73 Å². The van der Waals surface area contributed by atoms with Gasteiger partial charge in [0.05, 0.1) is 5.41 Å². The number of carbonyl (C=O) groups excluding carboxylic acids is 1. The van der Waals surface area contributed by atoms with Gasteiger partial charge in [-0.1, -0.05) is 0 Å². The minimum absolute atomic E-state index is 0.0811. The predicted molar refractivity (Wildman–Crippen MR) is 64.1 cm³/mol. The van der Waals surface area contributed by atoms with Crippen molar-refractivity contribution in [3.05, 3.63) is 0 Å². The summed E-state index contributed by atoms with van der Waals surface area (Å²) in [7, 11) is 0. The van der Waals surface area contributed by atoms with Crippen LogP contribution in [0, 0.1) is 5.41 Å². The molecule has 90 valence electrons. The monoisotopic (exact) mass is 262 g/mol. The predicted octanol–water partition coefficient (Wildman–Crippen LogP) is 0.0104. The normalized spacial score (nSPS) is 42.6. The van der Waals surface area contributed by atoms with Crippen LogP contribution in [0.1, 0.15) is 6.92 Å². The van der Waals surface area contributed by atoms with E-state index in [2.05, 4.69) is 0 Å². The van der Waals surface area contributed by atoms with Crippen molar-refractivity contribution >= 4 is 35.4 Å². The fourth-order valence-electron chi connectivity index (χ4n) is 1.97. The van der Waals surface area contributed by atoms with Gasteiger partial charge in [0, 0.05) is 12.3 Å². The lowest BCUT2D eigenvalue weighted by Crippen LogP contribution is -2.78. The summed E-state index contributed by atoms with van der Waals surface area (Å²) in [4.78, 5) is 23.7. The van der Waals surface area contributed by atoms with E-state index in [-0.39, 0.29) is 17.8 Å². The Morgan fingerprint density at radius 2 is 2.38 bits per heavy atom. The molecule has 0 aromatic rings. The smallest absolute Gasteiger partial charge is 0.312 e. The Balaban J connectivity index is 2.17. The fraction of sp³-hybridized carbons (Fsp3) is 0.778. The second-order valence-corrected chi connectivity index (χ2v) is 6.61. The first-order valence-electron chi connectivity index (χ1n) is 4.85. The third-order valence-electron chi connectivity index (χ3n) is 3.18. The summed E-state index contributed by atoms with van der Waals surface area (Å²) in [6.07, 6.45) is 1.81. The Morgan fingerprint density at radius 1 is 1.75 bits per heavy atom. The number of rotatable bonds is 2.